The van der Waals surface area contributed by atoms with E-state index in [1.165, 1.54) is 18.2 Å². The van der Waals surface area contributed by atoms with Crippen molar-refractivity contribution in [1.29, 1.82) is 0 Å². The summed E-state index contributed by atoms with van der Waals surface area (Å²) in [4.78, 5) is 15.2. The van der Waals surface area contributed by atoms with E-state index in [0.717, 1.165) is 24.1 Å². The van der Waals surface area contributed by atoms with Crippen molar-refractivity contribution in [2.24, 2.45) is 11.8 Å². The first-order chi connectivity index (χ1) is 13.2. The Kier molecular flexibility index (Phi) is 4.85. The molecule has 1 aliphatic carbocycles. The van der Waals surface area contributed by atoms with Gasteiger partial charge in [0.05, 0.1) is 19.1 Å². The van der Waals surface area contributed by atoms with E-state index >= 15 is 0 Å². The molecule has 0 spiro atoms. The molecular weight excluding hydrogens is 334 g/mol. The Morgan fingerprint density at radius 3 is 2.52 bits per heavy atom. The number of para-hydroxylation sites is 1. The third-order valence-electron chi connectivity index (χ3n) is 5.65. The van der Waals surface area contributed by atoms with Crippen molar-refractivity contribution in [3.8, 4) is 0 Å². The van der Waals surface area contributed by atoms with Crippen molar-refractivity contribution in [2.75, 3.05) is 12.0 Å². The molecule has 2 aromatic carbocycles. The van der Waals surface area contributed by atoms with Crippen LogP contribution in [0.2, 0.25) is 0 Å². The van der Waals surface area contributed by atoms with Crippen LogP contribution in [0.25, 0.3) is 0 Å². The number of rotatable bonds is 3. The number of hydrogen-bond donors (Lipinski definition) is 0. The molecule has 0 unspecified atom stereocenters. The summed E-state index contributed by atoms with van der Waals surface area (Å²) in [5.74, 6) is -0.324. The molecule has 0 saturated carbocycles. The first kappa shape index (κ1) is 17.6. The number of carbonyl (C=O) groups is 1. The van der Waals surface area contributed by atoms with E-state index in [0.29, 0.717) is 0 Å². The zero-order chi connectivity index (χ0) is 18.8. The molecule has 0 N–H and O–H groups in total. The second kappa shape index (κ2) is 7.43. The van der Waals surface area contributed by atoms with Crippen LogP contribution in [0, 0.1) is 18.8 Å². The monoisotopic (exact) mass is 359 g/mol. The number of allylic oxidation sites excluding steroid dienone is 3. The van der Waals surface area contributed by atoms with E-state index in [9.17, 15) is 4.79 Å². The molecule has 0 saturated heterocycles. The molecule has 0 aromatic heterocycles. The van der Waals surface area contributed by atoms with Crippen LogP contribution in [0.15, 0.2) is 78.5 Å². The largest absolute Gasteiger partial charge is 0.469 e. The first-order valence-electron chi connectivity index (χ1n) is 9.54. The highest BCUT2D eigenvalue weighted by atomic mass is 16.5. The molecule has 138 valence electrons. The molecule has 3 heteroatoms. The number of anilines is 1. The van der Waals surface area contributed by atoms with Gasteiger partial charge in [-0.25, -0.2) is 0 Å². The van der Waals surface area contributed by atoms with E-state index in [1.807, 2.05) is 18.2 Å². The average Bonchev–Trinajstić information content (AvgIpc) is 2.73. The minimum atomic E-state index is -0.269. The number of carbonyl (C=O) groups excluding carboxylic acids is 1. The van der Waals surface area contributed by atoms with Gasteiger partial charge in [-0.05, 0) is 43.0 Å². The lowest BCUT2D eigenvalue weighted by molar-refractivity contribution is -0.147. The molecule has 2 aromatic rings. The van der Waals surface area contributed by atoms with Crippen molar-refractivity contribution in [2.45, 2.75) is 25.8 Å². The standard InChI is InChI=1S/C24H25NO2/c1-17-12-14-18(15-13-17)23-22(24(26)27-2)21-11-7-6-8-19(21)16-25(23)20-9-4-3-5-10-20/h3-5,7,9-16,21-23H,6,8H2,1-2H3/t21-,22-,23-/m1/s1. The van der Waals surface area contributed by atoms with Crippen molar-refractivity contribution in [3.63, 3.8) is 0 Å². The molecule has 0 radical (unpaired) electrons. The van der Waals surface area contributed by atoms with Gasteiger partial charge in [-0.15, -0.1) is 0 Å². The molecular formula is C24H25NO2. The van der Waals surface area contributed by atoms with Gasteiger partial charge in [-0.2, -0.15) is 0 Å². The van der Waals surface area contributed by atoms with Crippen LogP contribution in [0.3, 0.4) is 0 Å². The molecule has 3 atom stereocenters. The van der Waals surface area contributed by atoms with Crippen LogP contribution in [-0.4, -0.2) is 13.1 Å². The van der Waals surface area contributed by atoms with Gasteiger partial charge in [0.1, 0.15) is 0 Å². The van der Waals surface area contributed by atoms with Gasteiger partial charge in [0.15, 0.2) is 0 Å². The van der Waals surface area contributed by atoms with E-state index in [1.54, 1.807) is 0 Å². The highest BCUT2D eigenvalue weighted by Gasteiger charge is 2.44. The fourth-order valence-corrected chi connectivity index (χ4v) is 4.29. The maximum atomic E-state index is 12.9. The molecule has 0 bridgehead atoms. The zero-order valence-electron chi connectivity index (χ0n) is 15.8. The lowest BCUT2D eigenvalue weighted by Crippen LogP contribution is -2.43. The van der Waals surface area contributed by atoms with Crippen LogP contribution >= 0.6 is 0 Å². The number of esters is 1. The van der Waals surface area contributed by atoms with Gasteiger partial charge in [-0.3, -0.25) is 4.79 Å². The SMILES string of the molecule is COC(=O)[C@@H]1[C@@H]2C=CCCC2=CN(c2ccccc2)[C@@H]1c1ccc(C)cc1. The summed E-state index contributed by atoms with van der Waals surface area (Å²) in [6.45, 7) is 2.08. The maximum Gasteiger partial charge on any atom is 0.312 e. The van der Waals surface area contributed by atoms with Gasteiger partial charge >= 0.3 is 5.97 Å². The number of hydrogen-bond acceptors (Lipinski definition) is 3. The Hall–Kier alpha value is -2.81. The lowest BCUT2D eigenvalue weighted by atomic mass is 9.72. The summed E-state index contributed by atoms with van der Waals surface area (Å²) in [5, 5.41) is 0. The Bertz CT molecular complexity index is 867. The number of fused-ring (bicyclic) bond motifs is 1. The Morgan fingerprint density at radius 2 is 1.81 bits per heavy atom. The number of ether oxygens (including phenoxy) is 1. The summed E-state index contributed by atoms with van der Waals surface area (Å²) in [7, 11) is 1.49. The van der Waals surface area contributed by atoms with Gasteiger partial charge < -0.3 is 9.64 Å². The number of benzene rings is 2. The fraction of sp³-hybridized carbons (Fsp3) is 0.292. The molecule has 3 nitrogen and oxygen atoms in total. The molecule has 0 fully saturated rings. The number of aryl methyl sites for hydroxylation is 1. The van der Waals surface area contributed by atoms with Crippen molar-refractivity contribution >= 4 is 11.7 Å². The third kappa shape index (κ3) is 3.30. The number of nitrogens with zero attached hydrogens (tertiary/aromatic N) is 1. The summed E-state index contributed by atoms with van der Waals surface area (Å²) in [6, 6.07) is 18.7. The minimum absolute atomic E-state index is 0.0949. The quantitative estimate of drug-likeness (QED) is 0.557. The normalized spacial score (nSPS) is 24.1. The summed E-state index contributed by atoms with van der Waals surface area (Å²) in [5.41, 5.74) is 4.75. The topological polar surface area (TPSA) is 29.5 Å². The smallest absolute Gasteiger partial charge is 0.312 e. The second-order valence-electron chi connectivity index (χ2n) is 7.34. The van der Waals surface area contributed by atoms with E-state index < -0.39 is 0 Å². The Morgan fingerprint density at radius 1 is 1.07 bits per heavy atom. The van der Waals surface area contributed by atoms with Gasteiger partial charge in [-0.1, -0.05) is 60.2 Å². The van der Waals surface area contributed by atoms with E-state index in [2.05, 4.69) is 66.6 Å². The van der Waals surface area contributed by atoms with Crippen LogP contribution in [-0.2, 0) is 9.53 Å². The van der Waals surface area contributed by atoms with E-state index in [4.69, 9.17) is 4.74 Å². The Balaban J connectivity index is 1.89. The van der Waals surface area contributed by atoms with Crippen LogP contribution in [0.1, 0.15) is 30.0 Å². The van der Waals surface area contributed by atoms with Gasteiger partial charge in [0.2, 0.25) is 0 Å². The van der Waals surface area contributed by atoms with E-state index in [-0.39, 0.29) is 23.8 Å². The van der Waals surface area contributed by atoms with Gasteiger partial charge in [0.25, 0.3) is 0 Å². The second-order valence-corrected chi connectivity index (χ2v) is 7.34. The average molecular weight is 359 g/mol. The summed E-state index contributed by atoms with van der Waals surface area (Å²) < 4.78 is 5.27. The van der Waals surface area contributed by atoms with Crippen molar-refractivity contribution in [1.82, 2.24) is 0 Å². The molecule has 4 rings (SSSR count). The first-order valence-corrected chi connectivity index (χ1v) is 9.54. The molecule has 0 amide bonds. The highest BCUT2D eigenvalue weighted by Crippen LogP contribution is 2.47. The molecule has 1 heterocycles. The predicted octanol–water partition coefficient (Wildman–Crippen LogP) is 5.20. The number of methoxy groups -OCH3 is 1. The fourth-order valence-electron chi connectivity index (χ4n) is 4.29. The van der Waals surface area contributed by atoms with Gasteiger partial charge in [0, 0.05) is 17.8 Å². The maximum absolute atomic E-state index is 12.9. The molecule has 1 aliphatic heterocycles. The lowest BCUT2D eigenvalue weighted by Gasteiger charge is -2.44. The summed E-state index contributed by atoms with van der Waals surface area (Å²) >= 11 is 0. The zero-order valence-corrected chi connectivity index (χ0v) is 15.8. The van der Waals surface area contributed by atoms with Crippen LogP contribution in [0.4, 0.5) is 5.69 Å². The predicted molar refractivity (Wildman–Crippen MR) is 108 cm³/mol. The molecule has 2 aliphatic rings. The highest BCUT2D eigenvalue weighted by molar-refractivity contribution is 5.77. The van der Waals surface area contributed by atoms with Crippen LogP contribution < -0.4 is 4.90 Å². The molecule has 27 heavy (non-hydrogen) atoms. The van der Waals surface area contributed by atoms with Crippen molar-refractivity contribution in [3.05, 3.63) is 89.6 Å². The summed E-state index contributed by atoms with van der Waals surface area (Å²) in [6.07, 6.45) is 8.66. The minimum Gasteiger partial charge on any atom is -0.469 e. The Labute approximate surface area is 161 Å². The van der Waals surface area contributed by atoms with Crippen molar-refractivity contribution < 1.29 is 9.53 Å². The van der Waals surface area contributed by atoms with Crippen LogP contribution in [0.5, 0.6) is 0 Å². The third-order valence-corrected chi connectivity index (χ3v) is 5.65.